The lowest BCUT2D eigenvalue weighted by molar-refractivity contribution is 0.0702. The molecule has 2 nitrogen and oxygen atoms in total. The van der Waals surface area contributed by atoms with E-state index in [0.717, 1.165) is 10.4 Å². The molecule has 0 unspecified atom stereocenters. The van der Waals surface area contributed by atoms with Gasteiger partial charge in [-0.3, -0.25) is 0 Å². The van der Waals surface area contributed by atoms with Crippen molar-refractivity contribution in [1.29, 1.82) is 0 Å². The lowest BCUT2D eigenvalue weighted by Gasteiger charge is -2.07. The minimum Gasteiger partial charge on any atom is -0.477 e. The maximum atomic E-state index is 11.2. The van der Waals surface area contributed by atoms with Gasteiger partial charge in [0.25, 0.3) is 0 Å². The minimum atomic E-state index is -0.875. The lowest BCUT2D eigenvalue weighted by Crippen LogP contribution is -1.89. The summed E-state index contributed by atoms with van der Waals surface area (Å²) in [5.41, 5.74) is 3.40. The van der Waals surface area contributed by atoms with Gasteiger partial charge in [-0.25, -0.2) is 4.79 Å². The van der Waals surface area contributed by atoms with Crippen molar-refractivity contribution in [2.45, 2.75) is 6.92 Å². The molecule has 1 aromatic carbocycles. The predicted molar refractivity (Wildman–Crippen MR) is 108 cm³/mol. The van der Waals surface area contributed by atoms with Gasteiger partial charge in [0.2, 0.25) is 0 Å². The van der Waals surface area contributed by atoms with Gasteiger partial charge in [-0.1, -0.05) is 6.07 Å². The maximum absolute atomic E-state index is 11.2. The van der Waals surface area contributed by atoms with E-state index in [4.69, 9.17) is 0 Å². The first-order chi connectivity index (χ1) is 12.1. The average Bonchev–Trinajstić information content (AvgIpc) is 3.35. The largest absolute Gasteiger partial charge is 0.477 e. The van der Waals surface area contributed by atoms with Gasteiger partial charge in [0.15, 0.2) is 0 Å². The molecule has 0 aliphatic rings. The van der Waals surface area contributed by atoms with Crippen LogP contribution in [-0.2, 0) is 0 Å². The Labute approximate surface area is 157 Å². The van der Waals surface area contributed by atoms with Gasteiger partial charge in [-0.05, 0) is 77.5 Å². The van der Waals surface area contributed by atoms with Gasteiger partial charge in [0, 0.05) is 19.5 Å². The Morgan fingerprint density at radius 1 is 0.840 bits per heavy atom. The quantitative estimate of drug-likeness (QED) is 0.418. The van der Waals surface area contributed by atoms with E-state index in [1.807, 2.05) is 6.07 Å². The van der Waals surface area contributed by atoms with Crippen molar-refractivity contribution in [2.24, 2.45) is 0 Å². The molecular weight excluding hydrogens is 368 g/mol. The first-order valence-corrected chi connectivity index (χ1v) is 10.2. The number of aromatic carboxylic acids is 1. The summed E-state index contributed by atoms with van der Waals surface area (Å²) in [6, 6.07) is 18.5. The molecule has 0 spiro atoms. The van der Waals surface area contributed by atoms with E-state index in [1.165, 1.54) is 37.1 Å². The number of rotatable bonds is 4. The highest BCUT2D eigenvalue weighted by Crippen LogP contribution is 2.38. The predicted octanol–water partition coefficient (Wildman–Crippen LogP) is 6.88. The van der Waals surface area contributed by atoms with Crippen LogP contribution in [0.5, 0.6) is 0 Å². The Hall–Kier alpha value is -2.21. The lowest BCUT2D eigenvalue weighted by atomic mass is 10.0. The third kappa shape index (κ3) is 3.31. The van der Waals surface area contributed by atoms with Gasteiger partial charge in [-0.2, -0.15) is 0 Å². The second kappa shape index (κ2) is 6.59. The second-order valence-corrected chi connectivity index (χ2v) is 8.98. The Bertz CT molecular complexity index is 1040. The summed E-state index contributed by atoms with van der Waals surface area (Å²) < 4.78 is 0. The number of hydrogen-bond donors (Lipinski definition) is 1. The molecule has 1 N–H and O–H groups in total. The van der Waals surface area contributed by atoms with Crippen LogP contribution < -0.4 is 0 Å². The molecule has 0 aliphatic carbocycles. The van der Waals surface area contributed by atoms with E-state index < -0.39 is 5.97 Å². The molecule has 0 atom stereocenters. The number of hydrogen-bond acceptors (Lipinski definition) is 4. The van der Waals surface area contributed by atoms with Gasteiger partial charge in [-0.15, -0.1) is 34.0 Å². The number of carboxylic acids is 1. The Balaban J connectivity index is 1.87. The molecule has 3 aromatic heterocycles. The van der Waals surface area contributed by atoms with Gasteiger partial charge in [0.1, 0.15) is 4.88 Å². The van der Waals surface area contributed by atoms with E-state index in [-0.39, 0.29) is 0 Å². The Morgan fingerprint density at radius 2 is 1.48 bits per heavy atom. The molecule has 25 heavy (non-hydrogen) atoms. The zero-order chi connectivity index (χ0) is 17.4. The fourth-order valence-corrected chi connectivity index (χ4v) is 5.10. The zero-order valence-electron chi connectivity index (χ0n) is 13.4. The third-order valence-corrected chi connectivity index (χ3v) is 6.96. The highest BCUT2D eigenvalue weighted by molar-refractivity contribution is 7.17. The summed E-state index contributed by atoms with van der Waals surface area (Å²) >= 11 is 4.80. The number of carbonyl (C=O) groups is 1. The normalized spacial score (nSPS) is 10.9. The molecular formula is C20H14O2S3. The molecule has 4 aromatic rings. The summed E-state index contributed by atoms with van der Waals surface area (Å²) in [6.07, 6.45) is 0. The van der Waals surface area contributed by atoms with Crippen LogP contribution in [0.25, 0.3) is 31.3 Å². The number of carboxylic acid groups (broad SMARTS) is 1. The van der Waals surface area contributed by atoms with Gasteiger partial charge < -0.3 is 5.11 Å². The standard InChI is InChI=1S/C20H14O2S3/c1-12-4-5-17(24-12)14-9-13(16-3-2-8-23-16)10-15(11-14)18-6-7-19(25-18)20(21)22/h2-11H,1H3,(H,21,22). The summed E-state index contributed by atoms with van der Waals surface area (Å²) in [4.78, 5) is 16.3. The molecule has 4 rings (SSSR count). The van der Waals surface area contributed by atoms with Crippen molar-refractivity contribution in [3.8, 4) is 31.3 Å². The van der Waals surface area contributed by atoms with Crippen molar-refractivity contribution in [3.05, 3.63) is 69.7 Å². The fraction of sp³-hybridized carbons (Fsp3) is 0.0500. The molecule has 124 valence electrons. The van der Waals surface area contributed by atoms with E-state index in [2.05, 4.69) is 54.8 Å². The molecule has 5 heteroatoms. The smallest absolute Gasteiger partial charge is 0.345 e. The van der Waals surface area contributed by atoms with Crippen LogP contribution >= 0.6 is 34.0 Å². The number of aryl methyl sites for hydroxylation is 1. The monoisotopic (exact) mass is 382 g/mol. The fourth-order valence-electron chi connectivity index (χ4n) is 2.69. The summed E-state index contributed by atoms with van der Waals surface area (Å²) in [5, 5.41) is 11.3. The van der Waals surface area contributed by atoms with E-state index in [0.29, 0.717) is 4.88 Å². The van der Waals surface area contributed by atoms with Crippen LogP contribution in [0.3, 0.4) is 0 Å². The number of thiophene rings is 3. The third-order valence-electron chi connectivity index (χ3n) is 3.86. The van der Waals surface area contributed by atoms with Crippen LogP contribution in [0.2, 0.25) is 0 Å². The molecule has 3 heterocycles. The van der Waals surface area contributed by atoms with Crippen LogP contribution in [-0.4, -0.2) is 11.1 Å². The Kier molecular flexibility index (Phi) is 4.29. The van der Waals surface area contributed by atoms with Crippen molar-refractivity contribution in [1.82, 2.24) is 0 Å². The summed E-state index contributed by atoms with van der Waals surface area (Å²) in [6.45, 7) is 2.11. The zero-order valence-corrected chi connectivity index (χ0v) is 15.8. The van der Waals surface area contributed by atoms with Crippen molar-refractivity contribution in [3.63, 3.8) is 0 Å². The summed E-state index contributed by atoms with van der Waals surface area (Å²) in [5.74, 6) is -0.875. The first kappa shape index (κ1) is 16.3. The number of benzene rings is 1. The minimum absolute atomic E-state index is 0.366. The topological polar surface area (TPSA) is 37.3 Å². The Morgan fingerprint density at radius 3 is 2.00 bits per heavy atom. The van der Waals surface area contributed by atoms with Crippen LogP contribution in [0, 0.1) is 6.92 Å². The molecule has 0 radical (unpaired) electrons. The highest BCUT2D eigenvalue weighted by atomic mass is 32.1. The molecule has 0 aliphatic heterocycles. The van der Waals surface area contributed by atoms with Crippen molar-refractivity contribution < 1.29 is 9.90 Å². The molecule has 0 bridgehead atoms. The van der Waals surface area contributed by atoms with E-state index in [1.54, 1.807) is 28.7 Å². The second-order valence-electron chi connectivity index (χ2n) is 5.66. The molecule has 0 fully saturated rings. The maximum Gasteiger partial charge on any atom is 0.345 e. The highest BCUT2D eigenvalue weighted by Gasteiger charge is 2.12. The summed E-state index contributed by atoms with van der Waals surface area (Å²) in [7, 11) is 0. The molecule has 0 amide bonds. The van der Waals surface area contributed by atoms with Gasteiger partial charge in [0.05, 0.1) is 0 Å². The van der Waals surface area contributed by atoms with E-state index >= 15 is 0 Å². The average molecular weight is 383 g/mol. The molecule has 0 saturated heterocycles. The van der Waals surface area contributed by atoms with E-state index in [9.17, 15) is 9.90 Å². The SMILES string of the molecule is Cc1ccc(-c2cc(-c3cccs3)cc(-c3ccc(C(=O)O)s3)c2)s1. The first-order valence-electron chi connectivity index (χ1n) is 7.69. The van der Waals surface area contributed by atoms with Crippen LogP contribution in [0.4, 0.5) is 0 Å². The van der Waals surface area contributed by atoms with Crippen molar-refractivity contribution >= 4 is 40.0 Å². The van der Waals surface area contributed by atoms with Crippen LogP contribution in [0.1, 0.15) is 14.5 Å². The van der Waals surface area contributed by atoms with Gasteiger partial charge >= 0.3 is 5.97 Å². The van der Waals surface area contributed by atoms with Crippen LogP contribution in [0.15, 0.2) is 60.0 Å². The van der Waals surface area contributed by atoms with Crippen molar-refractivity contribution in [2.75, 3.05) is 0 Å². The molecule has 0 saturated carbocycles.